The number of sulfonamides is 1. The van der Waals surface area contributed by atoms with E-state index in [4.69, 9.17) is 4.74 Å². The van der Waals surface area contributed by atoms with Crippen LogP contribution in [0.2, 0.25) is 0 Å². The van der Waals surface area contributed by atoms with Crippen LogP contribution in [0.5, 0.6) is 0 Å². The number of nitrogens with zero attached hydrogens (tertiary/aromatic N) is 3. The number of ether oxygens (including phenoxy) is 1. The Morgan fingerprint density at radius 2 is 1.71 bits per heavy atom. The van der Waals surface area contributed by atoms with E-state index in [1.165, 1.54) is 4.90 Å². The molecule has 1 amide bonds. The Morgan fingerprint density at radius 3 is 2.31 bits per heavy atom. The highest BCUT2D eigenvalue weighted by Gasteiger charge is 2.36. The van der Waals surface area contributed by atoms with Gasteiger partial charge in [-0.05, 0) is 76.4 Å². The van der Waals surface area contributed by atoms with E-state index >= 15 is 0 Å². The number of amides is 1. The maximum atomic E-state index is 13.3. The molecule has 1 aromatic heterocycles. The second-order valence-corrected chi connectivity index (χ2v) is 11.6. The first-order valence-electron chi connectivity index (χ1n) is 11.7. The number of aromatic nitrogens is 1. The fourth-order valence-electron chi connectivity index (χ4n) is 4.15. The quantitative estimate of drug-likeness (QED) is 0.436. The van der Waals surface area contributed by atoms with E-state index in [1.807, 2.05) is 76.2 Å². The van der Waals surface area contributed by atoms with Gasteiger partial charge >= 0.3 is 6.09 Å². The van der Waals surface area contributed by atoms with Crippen LogP contribution in [0.4, 0.5) is 16.3 Å². The number of hydrogen-bond donors (Lipinski definition) is 0. The van der Waals surface area contributed by atoms with E-state index in [2.05, 4.69) is 4.98 Å². The van der Waals surface area contributed by atoms with Crippen molar-refractivity contribution in [3.05, 3.63) is 84.1 Å². The van der Waals surface area contributed by atoms with E-state index < -0.39 is 21.7 Å². The molecule has 0 aliphatic carbocycles. The molecule has 7 nitrogen and oxygen atoms in total. The molecule has 0 N–H and O–H groups in total. The minimum Gasteiger partial charge on any atom is -0.443 e. The van der Waals surface area contributed by atoms with Crippen molar-refractivity contribution in [2.45, 2.75) is 57.1 Å². The van der Waals surface area contributed by atoms with Crippen molar-refractivity contribution < 1.29 is 17.9 Å². The fourth-order valence-corrected chi connectivity index (χ4v) is 5.83. The Balaban J connectivity index is 1.63. The highest BCUT2D eigenvalue weighted by atomic mass is 32.2. The number of hydrogen-bond acceptors (Lipinski definition) is 5. The maximum Gasteiger partial charge on any atom is 0.420 e. The van der Waals surface area contributed by atoms with Gasteiger partial charge in [-0.25, -0.2) is 23.1 Å². The standard InChI is InChI=1S/C27H31N3O4S/c1-20-12-15-23(16-13-20)35(32,33)29-18-8-11-24(29)21-14-17-25(28-19-21)30(22-9-6-5-7-10-22)26(31)34-27(2,3)4/h5-7,9-10,12-17,19,24H,8,11,18H2,1-4H3. The number of anilines is 2. The van der Waals surface area contributed by atoms with Crippen LogP contribution in [0.25, 0.3) is 0 Å². The van der Waals surface area contributed by atoms with E-state index in [0.717, 1.165) is 17.5 Å². The minimum atomic E-state index is -3.63. The summed E-state index contributed by atoms with van der Waals surface area (Å²) in [6, 6.07) is 19.4. The lowest BCUT2D eigenvalue weighted by Gasteiger charge is -2.27. The van der Waals surface area contributed by atoms with E-state index in [1.54, 1.807) is 28.7 Å². The summed E-state index contributed by atoms with van der Waals surface area (Å²) in [6.07, 6.45) is 2.60. The molecule has 4 rings (SSSR count). The number of carbonyl (C=O) groups excluding carboxylic acids is 1. The van der Waals surface area contributed by atoms with E-state index in [0.29, 0.717) is 29.4 Å². The zero-order valence-corrected chi connectivity index (χ0v) is 21.3. The van der Waals surface area contributed by atoms with Gasteiger partial charge in [0.05, 0.1) is 16.6 Å². The molecule has 2 aromatic carbocycles. The third-order valence-electron chi connectivity index (χ3n) is 5.81. The highest BCUT2D eigenvalue weighted by Crippen LogP contribution is 2.37. The Bertz CT molecular complexity index is 1270. The molecule has 0 bridgehead atoms. The van der Waals surface area contributed by atoms with Gasteiger partial charge in [0.1, 0.15) is 11.4 Å². The van der Waals surface area contributed by atoms with Crippen LogP contribution in [0.1, 0.15) is 50.8 Å². The van der Waals surface area contributed by atoms with Gasteiger partial charge in [0.25, 0.3) is 0 Å². The molecule has 8 heteroatoms. The van der Waals surface area contributed by atoms with Gasteiger partial charge in [-0.15, -0.1) is 0 Å². The van der Waals surface area contributed by atoms with Crippen molar-refractivity contribution in [2.75, 3.05) is 11.4 Å². The molecule has 1 atom stereocenters. The van der Waals surface area contributed by atoms with Crippen molar-refractivity contribution >= 4 is 27.6 Å². The molecule has 0 radical (unpaired) electrons. The Hall–Kier alpha value is -3.23. The van der Waals surface area contributed by atoms with Crippen molar-refractivity contribution in [3.63, 3.8) is 0 Å². The molecular weight excluding hydrogens is 462 g/mol. The molecule has 0 spiro atoms. The molecule has 1 aliphatic heterocycles. The number of benzene rings is 2. The summed E-state index contributed by atoms with van der Waals surface area (Å²) >= 11 is 0. The number of para-hydroxylation sites is 1. The van der Waals surface area contributed by atoms with Crippen molar-refractivity contribution in [2.24, 2.45) is 0 Å². The van der Waals surface area contributed by atoms with Gasteiger partial charge in [0, 0.05) is 12.7 Å². The summed E-state index contributed by atoms with van der Waals surface area (Å²) in [5.74, 6) is 0.403. The normalized spacial score (nSPS) is 16.7. The first-order valence-corrected chi connectivity index (χ1v) is 13.1. The smallest absolute Gasteiger partial charge is 0.420 e. The highest BCUT2D eigenvalue weighted by molar-refractivity contribution is 7.89. The topological polar surface area (TPSA) is 79.8 Å². The van der Waals surface area contributed by atoms with Gasteiger partial charge in [0.15, 0.2) is 0 Å². The number of aryl methyl sites for hydroxylation is 1. The van der Waals surface area contributed by atoms with E-state index in [-0.39, 0.29) is 6.04 Å². The van der Waals surface area contributed by atoms with Crippen LogP contribution in [-0.2, 0) is 14.8 Å². The summed E-state index contributed by atoms with van der Waals surface area (Å²) in [5.41, 5.74) is 1.76. The molecule has 1 saturated heterocycles. The van der Waals surface area contributed by atoms with Crippen LogP contribution in [0.15, 0.2) is 77.8 Å². The van der Waals surface area contributed by atoms with Gasteiger partial charge in [0.2, 0.25) is 10.0 Å². The number of pyridine rings is 1. The molecule has 184 valence electrons. The molecule has 1 aliphatic rings. The average molecular weight is 494 g/mol. The molecule has 2 heterocycles. The van der Waals surface area contributed by atoms with Gasteiger partial charge in [-0.1, -0.05) is 42.0 Å². The number of carbonyl (C=O) groups is 1. The predicted octanol–water partition coefficient (Wildman–Crippen LogP) is 5.99. The molecule has 1 fully saturated rings. The summed E-state index contributed by atoms with van der Waals surface area (Å²) < 4.78 is 33.9. The second kappa shape index (κ2) is 9.79. The van der Waals surface area contributed by atoms with Gasteiger partial charge in [-0.3, -0.25) is 0 Å². The molecular formula is C27H31N3O4S. The monoisotopic (exact) mass is 493 g/mol. The van der Waals surface area contributed by atoms with Crippen LogP contribution in [0, 0.1) is 6.92 Å². The molecule has 35 heavy (non-hydrogen) atoms. The third kappa shape index (κ3) is 5.55. The molecule has 1 unspecified atom stereocenters. The lowest BCUT2D eigenvalue weighted by atomic mass is 10.1. The Morgan fingerprint density at radius 1 is 1.03 bits per heavy atom. The van der Waals surface area contributed by atoms with Crippen molar-refractivity contribution in [3.8, 4) is 0 Å². The number of rotatable bonds is 5. The van der Waals surface area contributed by atoms with Crippen molar-refractivity contribution in [1.29, 1.82) is 0 Å². The summed E-state index contributed by atoms with van der Waals surface area (Å²) in [5, 5.41) is 0. The first kappa shape index (κ1) is 24.9. The van der Waals surface area contributed by atoms with Crippen molar-refractivity contribution in [1.82, 2.24) is 9.29 Å². The minimum absolute atomic E-state index is 0.291. The largest absolute Gasteiger partial charge is 0.443 e. The SMILES string of the molecule is Cc1ccc(S(=O)(=O)N2CCCC2c2ccc(N(C(=O)OC(C)(C)C)c3ccccc3)nc2)cc1. The van der Waals surface area contributed by atoms with Crippen LogP contribution in [-0.4, -0.2) is 35.9 Å². The Kier molecular flexibility index (Phi) is 6.96. The average Bonchev–Trinajstić information content (AvgIpc) is 3.31. The molecule has 3 aromatic rings. The Labute approximate surface area is 207 Å². The van der Waals surface area contributed by atoms with E-state index in [9.17, 15) is 13.2 Å². The first-order chi connectivity index (χ1) is 16.6. The fraction of sp³-hybridized carbons (Fsp3) is 0.333. The summed E-state index contributed by atoms with van der Waals surface area (Å²) in [6.45, 7) is 7.82. The zero-order chi connectivity index (χ0) is 25.2. The van der Waals surface area contributed by atoms with Gasteiger partial charge < -0.3 is 4.74 Å². The summed E-state index contributed by atoms with van der Waals surface area (Å²) in [7, 11) is -3.63. The van der Waals surface area contributed by atoms with Gasteiger partial charge in [-0.2, -0.15) is 4.31 Å². The van der Waals surface area contributed by atoms with Crippen LogP contribution in [0.3, 0.4) is 0 Å². The summed E-state index contributed by atoms with van der Waals surface area (Å²) in [4.78, 5) is 19.3. The van der Waals surface area contributed by atoms with Crippen LogP contribution < -0.4 is 4.90 Å². The molecule has 0 saturated carbocycles. The lowest BCUT2D eigenvalue weighted by Crippen LogP contribution is -2.34. The zero-order valence-electron chi connectivity index (χ0n) is 20.5. The second-order valence-electron chi connectivity index (χ2n) is 9.69. The third-order valence-corrected chi connectivity index (χ3v) is 7.73. The maximum absolute atomic E-state index is 13.3. The predicted molar refractivity (Wildman–Crippen MR) is 136 cm³/mol. The lowest BCUT2D eigenvalue weighted by molar-refractivity contribution is 0.0598. The van der Waals surface area contributed by atoms with Crippen LogP contribution >= 0.6 is 0 Å².